The maximum absolute atomic E-state index is 12.6. The fourth-order valence-corrected chi connectivity index (χ4v) is 3.18. The van der Waals surface area contributed by atoms with Gasteiger partial charge in [0.25, 0.3) is 5.91 Å². The van der Waals surface area contributed by atoms with E-state index in [2.05, 4.69) is 6.92 Å². The molecule has 2 rings (SSSR count). The number of anilines is 1. The molecule has 2 unspecified atom stereocenters. The fraction of sp³-hybridized carbons (Fsp3) is 0.667. The highest BCUT2D eigenvalue weighted by molar-refractivity contribution is 5.93. The molecule has 19 heavy (non-hydrogen) atoms. The Morgan fingerprint density at radius 2 is 2.16 bits per heavy atom. The first kappa shape index (κ1) is 14.0. The summed E-state index contributed by atoms with van der Waals surface area (Å²) in [5, 5.41) is 0. The van der Waals surface area contributed by atoms with E-state index in [1.165, 1.54) is 19.3 Å². The van der Waals surface area contributed by atoms with E-state index in [1.807, 2.05) is 29.6 Å². The molecule has 1 aromatic rings. The van der Waals surface area contributed by atoms with Crippen LogP contribution in [0.2, 0.25) is 0 Å². The van der Waals surface area contributed by atoms with Crippen LogP contribution < -0.4 is 5.73 Å². The topological polar surface area (TPSA) is 51.3 Å². The molecule has 2 N–H and O–H groups in total. The number of hydrogen-bond donors (Lipinski definition) is 1. The lowest BCUT2D eigenvalue weighted by Crippen LogP contribution is -2.43. The summed E-state index contributed by atoms with van der Waals surface area (Å²) in [5.41, 5.74) is 7.18. The van der Waals surface area contributed by atoms with Crippen molar-refractivity contribution in [1.82, 2.24) is 9.47 Å². The molecule has 1 heterocycles. The maximum Gasteiger partial charge on any atom is 0.270 e. The summed E-state index contributed by atoms with van der Waals surface area (Å²) < 4.78 is 1.93. The first-order valence-electron chi connectivity index (χ1n) is 7.27. The quantitative estimate of drug-likeness (QED) is 0.911. The average Bonchev–Trinajstić information content (AvgIpc) is 2.79. The molecule has 0 aromatic carbocycles. The lowest BCUT2D eigenvalue weighted by atomic mass is 9.85. The van der Waals surface area contributed by atoms with Crippen LogP contribution in [0.4, 0.5) is 5.69 Å². The van der Waals surface area contributed by atoms with Gasteiger partial charge in [0.1, 0.15) is 5.69 Å². The number of amides is 1. The first-order chi connectivity index (χ1) is 9.04. The molecule has 4 heteroatoms. The Hall–Kier alpha value is -1.45. The summed E-state index contributed by atoms with van der Waals surface area (Å²) in [4.78, 5) is 14.6. The molecule has 1 aromatic heterocycles. The summed E-state index contributed by atoms with van der Waals surface area (Å²) in [7, 11) is 1.93. The number of carbonyl (C=O) groups excluding carboxylic acids is 1. The van der Waals surface area contributed by atoms with Crippen LogP contribution in [0.1, 0.15) is 50.0 Å². The predicted octanol–water partition coefficient (Wildman–Crippen LogP) is 2.74. The van der Waals surface area contributed by atoms with Crippen LogP contribution >= 0.6 is 0 Å². The van der Waals surface area contributed by atoms with Crippen molar-refractivity contribution >= 4 is 11.6 Å². The number of nitrogens with two attached hydrogens (primary N) is 1. The van der Waals surface area contributed by atoms with Crippen molar-refractivity contribution in [3.05, 3.63) is 18.0 Å². The Morgan fingerprint density at radius 1 is 1.47 bits per heavy atom. The van der Waals surface area contributed by atoms with Gasteiger partial charge in [-0.15, -0.1) is 0 Å². The van der Waals surface area contributed by atoms with Crippen LogP contribution in [0.15, 0.2) is 12.3 Å². The molecule has 0 aliphatic heterocycles. The zero-order valence-electron chi connectivity index (χ0n) is 12.2. The highest BCUT2D eigenvalue weighted by Crippen LogP contribution is 2.28. The number of nitrogen functional groups attached to an aromatic ring is 1. The molecule has 0 bridgehead atoms. The zero-order valence-corrected chi connectivity index (χ0v) is 12.2. The van der Waals surface area contributed by atoms with Crippen LogP contribution in [0.3, 0.4) is 0 Å². The molecule has 1 aliphatic rings. The molecule has 2 atom stereocenters. The Labute approximate surface area is 115 Å². The van der Waals surface area contributed by atoms with E-state index in [9.17, 15) is 4.79 Å². The van der Waals surface area contributed by atoms with E-state index in [4.69, 9.17) is 5.73 Å². The SMILES string of the molecule is CCn1cc(N)cc1C(=O)N(C)C1CCCCC1C. The van der Waals surface area contributed by atoms with Gasteiger partial charge in [0, 0.05) is 25.8 Å². The lowest BCUT2D eigenvalue weighted by Gasteiger charge is -2.36. The monoisotopic (exact) mass is 263 g/mol. The second-order valence-corrected chi connectivity index (χ2v) is 5.69. The highest BCUT2D eigenvalue weighted by atomic mass is 16.2. The lowest BCUT2D eigenvalue weighted by molar-refractivity contribution is 0.0618. The molecule has 1 saturated carbocycles. The molecule has 0 radical (unpaired) electrons. The molecule has 1 amide bonds. The van der Waals surface area contributed by atoms with Crippen molar-refractivity contribution in [3.63, 3.8) is 0 Å². The van der Waals surface area contributed by atoms with Crippen molar-refractivity contribution in [2.24, 2.45) is 5.92 Å². The number of aryl methyl sites for hydroxylation is 1. The van der Waals surface area contributed by atoms with Gasteiger partial charge in [-0.1, -0.05) is 19.8 Å². The van der Waals surface area contributed by atoms with Crippen molar-refractivity contribution in [1.29, 1.82) is 0 Å². The summed E-state index contributed by atoms with van der Waals surface area (Å²) in [5.74, 6) is 0.683. The third-order valence-electron chi connectivity index (χ3n) is 4.36. The van der Waals surface area contributed by atoms with Crippen LogP contribution in [0.25, 0.3) is 0 Å². The molecular weight excluding hydrogens is 238 g/mol. The van der Waals surface area contributed by atoms with E-state index in [0.29, 0.717) is 23.3 Å². The fourth-order valence-electron chi connectivity index (χ4n) is 3.18. The Morgan fingerprint density at radius 3 is 2.79 bits per heavy atom. The largest absolute Gasteiger partial charge is 0.397 e. The minimum absolute atomic E-state index is 0.0947. The van der Waals surface area contributed by atoms with Crippen molar-refractivity contribution in [2.45, 2.75) is 52.1 Å². The van der Waals surface area contributed by atoms with Gasteiger partial charge < -0.3 is 15.2 Å². The molecule has 0 spiro atoms. The number of aromatic nitrogens is 1. The van der Waals surface area contributed by atoms with Gasteiger partial charge in [0.2, 0.25) is 0 Å². The first-order valence-corrected chi connectivity index (χ1v) is 7.27. The minimum atomic E-state index is 0.0947. The normalized spacial score (nSPS) is 23.3. The van der Waals surface area contributed by atoms with E-state index >= 15 is 0 Å². The van der Waals surface area contributed by atoms with Gasteiger partial charge in [-0.05, 0) is 31.7 Å². The standard InChI is InChI=1S/C15H25N3O/c1-4-18-10-12(16)9-14(18)15(19)17(3)13-8-6-5-7-11(13)2/h9-11,13H,4-8,16H2,1-3H3. The van der Waals surface area contributed by atoms with Gasteiger partial charge in [-0.2, -0.15) is 0 Å². The predicted molar refractivity (Wildman–Crippen MR) is 78.0 cm³/mol. The highest BCUT2D eigenvalue weighted by Gasteiger charge is 2.29. The van der Waals surface area contributed by atoms with Crippen molar-refractivity contribution in [2.75, 3.05) is 12.8 Å². The third-order valence-corrected chi connectivity index (χ3v) is 4.36. The Balaban J connectivity index is 2.18. The minimum Gasteiger partial charge on any atom is -0.397 e. The van der Waals surface area contributed by atoms with Gasteiger partial charge >= 0.3 is 0 Å². The summed E-state index contributed by atoms with van der Waals surface area (Å²) >= 11 is 0. The van der Waals surface area contributed by atoms with Crippen LogP contribution in [-0.4, -0.2) is 28.5 Å². The van der Waals surface area contributed by atoms with Crippen molar-refractivity contribution < 1.29 is 4.79 Å². The maximum atomic E-state index is 12.6. The molecular formula is C15H25N3O. The van der Waals surface area contributed by atoms with E-state index in [1.54, 1.807) is 6.07 Å². The van der Waals surface area contributed by atoms with E-state index in [-0.39, 0.29) is 5.91 Å². The molecule has 1 aliphatic carbocycles. The van der Waals surface area contributed by atoms with Crippen LogP contribution in [0, 0.1) is 5.92 Å². The number of rotatable bonds is 3. The van der Waals surface area contributed by atoms with Crippen molar-refractivity contribution in [3.8, 4) is 0 Å². The van der Waals surface area contributed by atoms with Crippen LogP contribution in [0.5, 0.6) is 0 Å². The Kier molecular flexibility index (Phi) is 4.17. The van der Waals surface area contributed by atoms with Gasteiger partial charge in [-0.25, -0.2) is 0 Å². The van der Waals surface area contributed by atoms with E-state index in [0.717, 1.165) is 13.0 Å². The number of carbonyl (C=O) groups is 1. The smallest absolute Gasteiger partial charge is 0.270 e. The summed E-state index contributed by atoms with van der Waals surface area (Å²) in [6, 6.07) is 2.15. The van der Waals surface area contributed by atoms with Gasteiger partial charge in [0.05, 0.1) is 5.69 Å². The number of hydrogen-bond acceptors (Lipinski definition) is 2. The average molecular weight is 263 g/mol. The second-order valence-electron chi connectivity index (χ2n) is 5.69. The molecule has 106 valence electrons. The molecule has 4 nitrogen and oxygen atoms in total. The summed E-state index contributed by atoms with van der Waals surface area (Å²) in [6.45, 7) is 5.05. The van der Waals surface area contributed by atoms with Gasteiger partial charge in [0.15, 0.2) is 0 Å². The van der Waals surface area contributed by atoms with E-state index < -0.39 is 0 Å². The summed E-state index contributed by atoms with van der Waals surface area (Å²) in [6.07, 6.45) is 6.69. The second kappa shape index (κ2) is 5.68. The number of nitrogens with zero attached hydrogens (tertiary/aromatic N) is 2. The third kappa shape index (κ3) is 2.77. The zero-order chi connectivity index (χ0) is 14.0. The molecule has 0 saturated heterocycles. The Bertz CT molecular complexity index is 452. The van der Waals surface area contributed by atoms with Crippen LogP contribution in [-0.2, 0) is 6.54 Å². The molecule has 1 fully saturated rings. The van der Waals surface area contributed by atoms with Gasteiger partial charge in [-0.3, -0.25) is 4.79 Å².